The zero-order chi connectivity index (χ0) is 22.5. The van der Waals surface area contributed by atoms with Crippen LogP contribution in [-0.2, 0) is 19.1 Å². The lowest BCUT2D eigenvalue weighted by molar-refractivity contribution is -0.384. The largest absolute Gasteiger partial charge is 0.492 e. The second kappa shape index (κ2) is 13.6. The van der Waals surface area contributed by atoms with Gasteiger partial charge in [0.25, 0.3) is 5.69 Å². The van der Waals surface area contributed by atoms with Crippen LogP contribution in [0.25, 0.3) is 0 Å². The van der Waals surface area contributed by atoms with Gasteiger partial charge in [0, 0.05) is 12.1 Å². The number of nitrogens with zero attached hydrogens (tertiary/aromatic N) is 1. The molecule has 0 aliphatic carbocycles. The van der Waals surface area contributed by atoms with Gasteiger partial charge in [0.05, 0.1) is 36.3 Å². The quantitative estimate of drug-likeness (QED) is 0.139. The predicted octanol–water partition coefficient (Wildman–Crippen LogP) is 4.74. The summed E-state index contributed by atoms with van der Waals surface area (Å²) in [7, 11) is 2.27. The van der Waals surface area contributed by atoms with Crippen molar-refractivity contribution < 1.29 is 28.7 Å². The molecule has 0 unspecified atom stereocenters. The minimum Gasteiger partial charge on any atom is -0.492 e. The molecular formula is C20H27BrN2O7. The number of benzene rings is 1. The van der Waals surface area contributed by atoms with E-state index < -0.39 is 16.9 Å². The first kappa shape index (κ1) is 25.4. The number of halogens is 1. The van der Waals surface area contributed by atoms with Crippen LogP contribution in [0.1, 0.15) is 45.4 Å². The zero-order valence-electron chi connectivity index (χ0n) is 17.4. The fourth-order valence-corrected chi connectivity index (χ4v) is 2.99. The maximum atomic E-state index is 11.9. The number of hydrogen-bond donors (Lipinski definition) is 1. The number of methoxy groups -OCH3 is 2. The average Bonchev–Trinajstić information content (AvgIpc) is 2.73. The molecule has 0 aliphatic heterocycles. The van der Waals surface area contributed by atoms with Gasteiger partial charge in [-0.1, -0.05) is 39.0 Å². The Bertz CT molecular complexity index is 781. The van der Waals surface area contributed by atoms with Gasteiger partial charge in [-0.2, -0.15) is 0 Å². The second-order valence-electron chi connectivity index (χ2n) is 6.37. The van der Waals surface area contributed by atoms with Crippen LogP contribution >= 0.6 is 15.9 Å². The van der Waals surface area contributed by atoms with Crippen molar-refractivity contribution >= 4 is 39.2 Å². The topological polar surface area (TPSA) is 117 Å². The van der Waals surface area contributed by atoms with E-state index in [9.17, 15) is 19.7 Å². The molecule has 0 saturated heterocycles. The maximum Gasteiger partial charge on any atom is 0.354 e. The molecule has 0 aromatic heterocycles. The Balaban J connectivity index is 3.01. The summed E-state index contributed by atoms with van der Waals surface area (Å²) >= 11 is 3.28. The van der Waals surface area contributed by atoms with E-state index in [4.69, 9.17) is 4.74 Å². The number of nitrogens with one attached hydrogen (secondary N) is 1. The minimum atomic E-state index is -0.882. The molecule has 1 aromatic carbocycles. The van der Waals surface area contributed by atoms with E-state index in [0.29, 0.717) is 16.8 Å². The maximum absolute atomic E-state index is 11.9. The predicted molar refractivity (Wildman–Crippen MR) is 115 cm³/mol. The molecule has 1 N–H and O–H groups in total. The molecule has 1 rings (SSSR count). The Kier molecular flexibility index (Phi) is 11.5. The first-order valence-electron chi connectivity index (χ1n) is 9.59. The van der Waals surface area contributed by atoms with E-state index in [1.54, 1.807) is 0 Å². The van der Waals surface area contributed by atoms with Crippen molar-refractivity contribution in [3.63, 3.8) is 0 Å². The summed E-state index contributed by atoms with van der Waals surface area (Å²) in [6.45, 7) is 2.61. The van der Waals surface area contributed by atoms with E-state index in [-0.39, 0.29) is 17.1 Å². The normalized spacial score (nSPS) is 11.0. The van der Waals surface area contributed by atoms with E-state index in [2.05, 4.69) is 37.6 Å². The summed E-state index contributed by atoms with van der Waals surface area (Å²) in [5.41, 5.74) is -0.646. The van der Waals surface area contributed by atoms with Gasteiger partial charge in [-0.3, -0.25) is 10.1 Å². The number of carbonyl (C=O) groups is 2. The zero-order valence-corrected chi connectivity index (χ0v) is 19.0. The van der Waals surface area contributed by atoms with Crippen LogP contribution < -0.4 is 10.1 Å². The van der Waals surface area contributed by atoms with Crippen molar-refractivity contribution in [2.75, 3.05) is 26.1 Å². The third-order valence-corrected chi connectivity index (χ3v) is 4.76. The van der Waals surface area contributed by atoms with Gasteiger partial charge < -0.3 is 19.5 Å². The molecule has 0 saturated carbocycles. The van der Waals surface area contributed by atoms with Crippen molar-refractivity contribution in [2.45, 2.75) is 45.4 Å². The lowest BCUT2D eigenvalue weighted by Crippen LogP contribution is -2.16. The molecule has 0 amide bonds. The number of nitro groups is 1. The van der Waals surface area contributed by atoms with Gasteiger partial charge in [0.15, 0.2) is 0 Å². The summed E-state index contributed by atoms with van der Waals surface area (Å²) in [6, 6.07) is 2.67. The second-order valence-corrected chi connectivity index (χ2v) is 7.23. The molecule has 0 aliphatic rings. The summed E-state index contributed by atoms with van der Waals surface area (Å²) in [5, 5.41) is 14.0. The molecule has 10 heteroatoms. The number of ether oxygens (including phenoxy) is 3. The molecule has 0 bridgehead atoms. The number of rotatable bonds is 13. The van der Waals surface area contributed by atoms with Crippen LogP contribution in [0, 0.1) is 10.1 Å². The molecule has 1 aromatic rings. The van der Waals surface area contributed by atoms with Crippen molar-refractivity contribution in [2.24, 2.45) is 0 Å². The van der Waals surface area contributed by atoms with Gasteiger partial charge in [0.1, 0.15) is 17.1 Å². The van der Waals surface area contributed by atoms with Crippen LogP contribution in [0.15, 0.2) is 28.4 Å². The highest BCUT2D eigenvalue weighted by atomic mass is 79.9. The Morgan fingerprint density at radius 1 is 1.13 bits per heavy atom. The molecule has 0 fully saturated rings. The smallest absolute Gasteiger partial charge is 0.354 e. The summed E-state index contributed by atoms with van der Waals surface area (Å²) in [4.78, 5) is 34.3. The Morgan fingerprint density at radius 3 is 2.40 bits per heavy atom. The molecule has 9 nitrogen and oxygen atoms in total. The SMILES string of the molecule is CCCCCCCCOc1cc(N/C(=C/C(=O)OC)C(=O)OC)c([N+](=O)[O-])cc1Br. The molecule has 0 heterocycles. The van der Waals surface area contributed by atoms with Crippen LogP contribution in [0.4, 0.5) is 11.4 Å². The third-order valence-electron chi connectivity index (χ3n) is 4.14. The highest BCUT2D eigenvalue weighted by Crippen LogP contribution is 2.37. The lowest BCUT2D eigenvalue weighted by Gasteiger charge is -2.13. The highest BCUT2D eigenvalue weighted by Gasteiger charge is 2.22. The summed E-state index contributed by atoms with van der Waals surface area (Å²) < 4.78 is 15.3. The average molecular weight is 487 g/mol. The molecule has 30 heavy (non-hydrogen) atoms. The van der Waals surface area contributed by atoms with Crippen LogP contribution in [-0.4, -0.2) is 37.7 Å². The minimum absolute atomic E-state index is 0.0262. The van der Waals surface area contributed by atoms with Gasteiger partial charge >= 0.3 is 11.9 Å². The fraction of sp³-hybridized carbons (Fsp3) is 0.500. The standard InChI is InChI=1S/C20H27BrN2O7/c1-4-5-6-7-8-9-10-30-18-12-15(17(23(26)27)11-14(18)21)22-16(20(25)29-3)13-19(24)28-2/h11-13,22H,4-10H2,1-3H3/b16-13+. The number of anilines is 1. The molecule has 0 radical (unpaired) electrons. The van der Waals surface area contributed by atoms with Crippen molar-refractivity contribution in [1.82, 2.24) is 0 Å². The van der Waals surface area contributed by atoms with Crippen LogP contribution in [0.5, 0.6) is 5.75 Å². The number of hydrogen-bond acceptors (Lipinski definition) is 8. The highest BCUT2D eigenvalue weighted by molar-refractivity contribution is 9.10. The Morgan fingerprint density at radius 2 is 1.80 bits per heavy atom. The van der Waals surface area contributed by atoms with Gasteiger partial charge in [-0.15, -0.1) is 0 Å². The van der Waals surface area contributed by atoms with Gasteiger partial charge in [-0.05, 0) is 22.4 Å². The fourth-order valence-electron chi connectivity index (χ4n) is 2.55. The number of carbonyl (C=O) groups excluding carboxylic acids is 2. The third kappa shape index (κ3) is 8.40. The number of nitro benzene ring substituents is 1. The van der Waals surface area contributed by atoms with Crippen LogP contribution in [0.3, 0.4) is 0 Å². The van der Waals surface area contributed by atoms with Gasteiger partial charge in [-0.25, -0.2) is 9.59 Å². The molecule has 0 spiro atoms. The monoisotopic (exact) mass is 486 g/mol. The first-order chi connectivity index (χ1) is 14.3. The van der Waals surface area contributed by atoms with E-state index in [0.717, 1.165) is 39.6 Å². The summed E-state index contributed by atoms with van der Waals surface area (Å²) in [5.74, 6) is -1.33. The lowest BCUT2D eigenvalue weighted by atomic mass is 10.1. The van der Waals surface area contributed by atoms with E-state index in [1.165, 1.54) is 31.4 Å². The molecule has 166 valence electrons. The summed E-state index contributed by atoms with van der Waals surface area (Å²) in [6.07, 6.45) is 7.45. The van der Waals surface area contributed by atoms with Crippen LogP contribution in [0.2, 0.25) is 0 Å². The molecule has 0 atom stereocenters. The first-order valence-corrected chi connectivity index (χ1v) is 10.4. The van der Waals surface area contributed by atoms with Crippen molar-refractivity contribution in [3.05, 3.63) is 38.5 Å². The van der Waals surface area contributed by atoms with E-state index in [1.807, 2.05) is 0 Å². The number of unbranched alkanes of at least 4 members (excludes halogenated alkanes) is 5. The number of esters is 2. The molecular weight excluding hydrogens is 460 g/mol. The van der Waals surface area contributed by atoms with Crippen molar-refractivity contribution in [3.8, 4) is 5.75 Å². The Hall–Kier alpha value is -2.62. The van der Waals surface area contributed by atoms with Crippen molar-refractivity contribution in [1.29, 1.82) is 0 Å². The Labute approximate surface area is 184 Å². The van der Waals surface area contributed by atoms with Gasteiger partial charge in [0.2, 0.25) is 0 Å². The van der Waals surface area contributed by atoms with E-state index >= 15 is 0 Å².